The molecule has 6 nitrogen and oxygen atoms in total. The quantitative estimate of drug-likeness (QED) is 0.463. The van der Waals surface area contributed by atoms with Gasteiger partial charge in [-0.1, -0.05) is 11.8 Å². The number of rotatable bonds is 6. The molecule has 0 unspecified atom stereocenters. The Morgan fingerprint density at radius 1 is 1.17 bits per heavy atom. The van der Waals surface area contributed by atoms with E-state index in [4.69, 9.17) is 4.74 Å². The summed E-state index contributed by atoms with van der Waals surface area (Å²) in [6.07, 6.45) is 3.32. The van der Waals surface area contributed by atoms with Crippen molar-refractivity contribution < 1.29 is 18.3 Å². The lowest BCUT2D eigenvalue weighted by Gasteiger charge is -2.06. The Bertz CT molecular complexity index is 1210. The molecule has 0 radical (unpaired) electrons. The standard InChI is InChI=1S/C21H16F2N4O2S/c1-29-15-5-2-13(3-6-15)18-11-19-21(24-8-9-27(19)26-18)30-12-20(28)25-17-7-4-14(22)10-16(17)23/h2-11H,12H2,1H3,(H,25,28). The largest absolute Gasteiger partial charge is 0.497 e. The summed E-state index contributed by atoms with van der Waals surface area (Å²) in [6, 6.07) is 12.4. The maximum atomic E-state index is 13.7. The number of fused-ring (bicyclic) bond motifs is 1. The lowest BCUT2D eigenvalue weighted by Crippen LogP contribution is -2.15. The Kier molecular flexibility index (Phi) is 5.62. The molecular formula is C21H16F2N4O2S. The molecule has 30 heavy (non-hydrogen) atoms. The van der Waals surface area contributed by atoms with Crippen LogP contribution in [0.4, 0.5) is 14.5 Å². The Balaban J connectivity index is 1.50. The van der Waals surface area contributed by atoms with Crippen molar-refractivity contribution in [3.63, 3.8) is 0 Å². The highest BCUT2D eigenvalue weighted by molar-refractivity contribution is 8.00. The van der Waals surface area contributed by atoms with Crippen molar-refractivity contribution in [1.82, 2.24) is 14.6 Å². The number of amides is 1. The number of nitrogens with zero attached hydrogens (tertiary/aromatic N) is 3. The molecule has 0 aliphatic carbocycles. The maximum Gasteiger partial charge on any atom is 0.234 e. The van der Waals surface area contributed by atoms with Crippen molar-refractivity contribution in [2.45, 2.75) is 5.03 Å². The zero-order valence-electron chi connectivity index (χ0n) is 15.8. The van der Waals surface area contributed by atoms with Crippen LogP contribution in [0.15, 0.2) is 66.0 Å². The van der Waals surface area contributed by atoms with Crippen LogP contribution in [0.3, 0.4) is 0 Å². The van der Waals surface area contributed by atoms with Crippen molar-refractivity contribution in [2.24, 2.45) is 0 Å². The van der Waals surface area contributed by atoms with Crippen molar-refractivity contribution in [3.05, 3.63) is 72.6 Å². The van der Waals surface area contributed by atoms with E-state index in [0.717, 1.165) is 34.7 Å². The van der Waals surface area contributed by atoms with E-state index in [-0.39, 0.29) is 11.4 Å². The number of methoxy groups -OCH3 is 1. The van der Waals surface area contributed by atoms with Crippen LogP contribution in [-0.2, 0) is 4.79 Å². The average Bonchev–Trinajstić information content (AvgIpc) is 3.19. The monoisotopic (exact) mass is 426 g/mol. The Morgan fingerprint density at radius 3 is 2.70 bits per heavy atom. The number of anilines is 1. The molecule has 0 aliphatic heterocycles. The van der Waals surface area contributed by atoms with Gasteiger partial charge in [0, 0.05) is 24.0 Å². The van der Waals surface area contributed by atoms with Crippen molar-refractivity contribution >= 4 is 28.9 Å². The van der Waals surface area contributed by atoms with Gasteiger partial charge < -0.3 is 10.1 Å². The summed E-state index contributed by atoms with van der Waals surface area (Å²) < 4.78 is 33.5. The molecule has 1 amide bonds. The van der Waals surface area contributed by atoms with Gasteiger partial charge in [-0.2, -0.15) is 5.10 Å². The van der Waals surface area contributed by atoms with Crippen LogP contribution in [0.25, 0.3) is 16.8 Å². The summed E-state index contributed by atoms with van der Waals surface area (Å²) in [4.78, 5) is 16.5. The van der Waals surface area contributed by atoms with Crippen LogP contribution in [-0.4, -0.2) is 33.4 Å². The third kappa shape index (κ3) is 4.25. The first-order chi connectivity index (χ1) is 14.5. The number of thioether (sulfide) groups is 1. The molecule has 152 valence electrons. The van der Waals surface area contributed by atoms with Crippen LogP contribution in [0.5, 0.6) is 5.75 Å². The third-order valence-corrected chi connectivity index (χ3v) is 5.28. The number of hydrogen-bond acceptors (Lipinski definition) is 5. The lowest BCUT2D eigenvalue weighted by molar-refractivity contribution is -0.113. The lowest BCUT2D eigenvalue weighted by atomic mass is 10.1. The van der Waals surface area contributed by atoms with Gasteiger partial charge in [0.2, 0.25) is 5.91 Å². The molecule has 0 fully saturated rings. The Hall–Kier alpha value is -3.46. The predicted octanol–water partition coefficient (Wildman–Crippen LogP) is 4.41. The highest BCUT2D eigenvalue weighted by atomic mass is 32.2. The molecule has 0 bridgehead atoms. The number of benzene rings is 2. The van der Waals surface area contributed by atoms with E-state index >= 15 is 0 Å². The summed E-state index contributed by atoms with van der Waals surface area (Å²) in [5.74, 6) is -1.20. The van der Waals surface area contributed by atoms with Crippen LogP contribution in [0, 0.1) is 11.6 Å². The molecule has 0 atom stereocenters. The summed E-state index contributed by atoms with van der Waals surface area (Å²) in [6.45, 7) is 0. The van der Waals surface area contributed by atoms with Crippen molar-refractivity contribution in [1.29, 1.82) is 0 Å². The van der Waals surface area contributed by atoms with Gasteiger partial charge in [-0.3, -0.25) is 4.79 Å². The fraction of sp³-hybridized carbons (Fsp3) is 0.0952. The van der Waals surface area contributed by atoms with E-state index in [1.807, 2.05) is 30.3 Å². The van der Waals surface area contributed by atoms with Gasteiger partial charge in [-0.15, -0.1) is 0 Å². The number of nitrogens with one attached hydrogen (secondary N) is 1. The fourth-order valence-corrected chi connectivity index (χ4v) is 3.60. The van der Waals surface area contributed by atoms with Crippen molar-refractivity contribution in [2.75, 3.05) is 18.2 Å². The summed E-state index contributed by atoms with van der Waals surface area (Å²) >= 11 is 1.20. The van der Waals surface area contributed by atoms with Crippen LogP contribution < -0.4 is 10.1 Å². The zero-order chi connectivity index (χ0) is 21.1. The van der Waals surface area contributed by atoms with E-state index in [2.05, 4.69) is 15.4 Å². The van der Waals surface area contributed by atoms with Crippen LogP contribution in [0.1, 0.15) is 0 Å². The first-order valence-electron chi connectivity index (χ1n) is 8.90. The molecule has 1 N–H and O–H groups in total. The number of halogens is 2. The smallest absolute Gasteiger partial charge is 0.234 e. The third-order valence-electron chi connectivity index (χ3n) is 4.29. The van der Waals surface area contributed by atoms with Crippen molar-refractivity contribution in [3.8, 4) is 17.0 Å². The van der Waals surface area contributed by atoms with E-state index in [9.17, 15) is 13.6 Å². The minimum absolute atomic E-state index is 0.00649. The van der Waals surface area contributed by atoms with Gasteiger partial charge in [-0.25, -0.2) is 18.3 Å². The molecule has 0 aliphatic rings. The predicted molar refractivity (Wildman–Crippen MR) is 111 cm³/mol. The van der Waals surface area contributed by atoms with E-state index in [1.165, 1.54) is 17.8 Å². The molecule has 2 aromatic heterocycles. The van der Waals surface area contributed by atoms with E-state index < -0.39 is 17.5 Å². The number of ether oxygens (including phenoxy) is 1. The Labute approximate surface area is 174 Å². The zero-order valence-corrected chi connectivity index (χ0v) is 16.6. The second kappa shape index (κ2) is 8.50. The van der Waals surface area contributed by atoms with Gasteiger partial charge in [0.15, 0.2) is 0 Å². The molecular weight excluding hydrogens is 410 g/mol. The SMILES string of the molecule is COc1ccc(-c2cc3c(SCC(=O)Nc4ccc(F)cc4F)nccn3n2)cc1. The number of carbonyl (C=O) groups excluding carboxylic acids is 1. The second-order valence-corrected chi connectivity index (χ2v) is 7.25. The molecule has 0 saturated carbocycles. The van der Waals surface area contributed by atoms with Crippen LogP contribution in [0.2, 0.25) is 0 Å². The molecule has 4 aromatic rings. The first-order valence-corrected chi connectivity index (χ1v) is 9.88. The molecule has 2 aromatic carbocycles. The molecule has 2 heterocycles. The highest BCUT2D eigenvalue weighted by Crippen LogP contribution is 2.27. The van der Waals surface area contributed by atoms with Gasteiger partial charge in [0.25, 0.3) is 0 Å². The van der Waals surface area contributed by atoms with Gasteiger partial charge in [0.1, 0.15) is 22.4 Å². The van der Waals surface area contributed by atoms with E-state index in [1.54, 1.807) is 24.0 Å². The fourth-order valence-electron chi connectivity index (χ4n) is 2.82. The average molecular weight is 426 g/mol. The van der Waals surface area contributed by atoms with Crippen LogP contribution >= 0.6 is 11.8 Å². The number of carbonyl (C=O) groups is 1. The second-order valence-electron chi connectivity index (χ2n) is 6.28. The topological polar surface area (TPSA) is 68.5 Å². The van der Waals surface area contributed by atoms with Gasteiger partial charge >= 0.3 is 0 Å². The molecule has 4 rings (SSSR count). The summed E-state index contributed by atoms with van der Waals surface area (Å²) in [7, 11) is 1.61. The van der Waals surface area contributed by atoms with Gasteiger partial charge in [-0.05, 0) is 42.5 Å². The number of hydrogen-bond donors (Lipinski definition) is 1. The molecule has 0 saturated heterocycles. The molecule has 9 heteroatoms. The normalized spacial score (nSPS) is 10.9. The summed E-state index contributed by atoms with van der Waals surface area (Å²) in [5, 5.41) is 7.60. The maximum absolute atomic E-state index is 13.7. The first kappa shape index (κ1) is 19.8. The summed E-state index contributed by atoms with van der Waals surface area (Å²) in [5.41, 5.74) is 2.35. The van der Waals surface area contributed by atoms with E-state index in [0.29, 0.717) is 5.03 Å². The van der Waals surface area contributed by atoms with Gasteiger partial charge in [0.05, 0.1) is 29.8 Å². The molecule has 0 spiro atoms. The highest BCUT2D eigenvalue weighted by Gasteiger charge is 2.13. The minimum atomic E-state index is -0.825. The Morgan fingerprint density at radius 2 is 1.97 bits per heavy atom. The minimum Gasteiger partial charge on any atom is -0.497 e. The number of aromatic nitrogens is 3.